The predicted octanol–water partition coefficient (Wildman–Crippen LogP) is 2.47. The number of nitrogens with one attached hydrogen (secondary N) is 5. The number of piperazine rings is 1. The van der Waals surface area contributed by atoms with Gasteiger partial charge in [0.1, 0.15) is 10.9 Å². The van der Waals surface area contributed by atoms with E-state index in [0.29, 0.717) is 25.2 Å². The monoisotopic (exact) mass is 729 g/mol. The van der Waals surface area contributed by atoms with Crippen molar-refractivity contribution in [2.75, 3.05) is 59.6 Å². The summed E-state index contributed by atoms with van der Waals surface area (Å²) in [6.45, 7) is 4.20. The topological polar surface area (TPSA) is 232 Å². The summed E-state index contributed by atoms with van der Waals surface area (Å²) < 4.78 is 29.1. The number of amides is 1. The zero-order valence-corrected chi connectivity index (χ0v) is 29.2. The highest BCUT2D eigenvalue weighted by atomic mass is 32.2. The molecule has 1 fully saturated rings. The third kappa shape index (κ3) is 10.6. The summed E-state index contributed by atoms with van der Waals surface area (Å²) in [7, 11) is -2.31. The van der Waals surface area contributed by atoms with Crippen LogP contribution < -0.4 is 36.2 Å². The van der Waals surface area contributed by atoms with Gasteiger partial charge in [-0.2, -0.15) is 0 Å². The summed E-state index contributed by atoms with van der Waals surface area (Å²) >= 11 is 2.58. The van der Waals surface area contributed by atoms with E-state index in [4.69, 9.17) is 10.4 Å². The number of aromatic nitrogens is 3. The summed E-state index contributed by atoms with van der Waals surface area (Å²) in [5.74, 6) is -1.08. The van der Waals surface area contributed by atoms with Crippen LogP contribution in [0.3, 0.4) is 0 Å². The van der Waals surface area contributed by atoms with Crippen LogP contribution in [0.25, 0.3) is 0 Å². The molecule has 8 N–H and O–H groups in total. The van der Waals surface area contributed by atoms with Gasteiger partial charge in [0.05, 0.1) is 29.2 Å². The fourth-order valence-electron chi connectivity index (χ4n) is 4.77. The van der Waals surface area contributed by atoms with E-state index in [2.05, 4.69) is 46.2 Å². The second kappa shape index (κ2) is 18.1. The van der Waals surface area contributed by atoms with Gasteiger partial charge in [-0.1, -0.05) is 6.07 Å². The summed E-state index contributed by atoms with van der Waals surface area (Å²) in [5.41, 5.74) is 5.88. The first kappa shape index (κ1) is 37.0. The number of carbonyl (C=O) groups excluding carboxylic acids is 1. The Kier molecular flexibility index (Phi) is 13.6. The highest BCUT2D eigenvalue weighted by molar-refractivity contribution is 7.92. The lowest BCUT2D eigenvalue weighted by atomic mass is 10.1. The van der Waals surface area contributed by atoms with Crippen molar-refractivity contribution >= 4 is 73.4 Å². The molecule has 0 bridgehead atoms. The number of hydrogen-bond donors (Lipinski definition) is 7. The predicted molar refractivity (Wildman–Crippen MR) is 192 cm³/mol. The minimum absolute atomic E-state index is 0.00442. The van der Waals surface area contributed by atoms with Crippen LogP contribution in [0.4, 0.5) is 22.5 Å². The van der Waals surface area contributed by atoms with Crippen molar-refractivity contribution in [2.24, 2.45) is 5.73 Å². The van der Waals surface area contributed by atoms with E-state index in [1.54, 1.807) is 54.4 Å². The van der Waals surface area contributed by atoms with Gasteiger partial charge in [0.25, 0.3) is 15.9 Å². The minimum atomic E-state index is -4.06. The summed E-state index contributed by atoms with van der Waals surface area (Å²) in [4.78, 5) is 42.4. The second-order valence-corrected chi connectivity index (χ2v) is 14.0. The van der Waals surface area contributed by atoms with Crippen molar-refractivity contribution in [3.05, 3.63) is 70.1 Å². The number of rotatable bonds is 15. The van der Waals surface area contributed by atoms with E-state index in [1.165, 1.54) is 18.2 Å². The van der Waals surface area contributed by atoms with Crippen molar-refractivity contribution < 1.29 is 23.1 Å². The molecule has 1 aliphatic heterocycles. The molecule has 4 heterocycles. The molecule has 1 atom stereocenters. The van der Waals surface area contributed by atoms with Crippen LogP contribution in [-0.4, -0.2) is 92.5 Å². The molecule has 19 heteroatoms. The lowest BCUT2D eigenvalue weighted by Gasteiger charge is -2.34. The average Bonchev–Trinajstić information content (AvgIpc) is 3.78. The first-order valence-corrected chi connectivity index (χ1v) is 18.4. The van der Waals surface area contributed by atoms with Gasteiger partial charge in [0.2, 0.25) is 5.95 Å². The number of hydrogen-bond acceptors (Lipinski definition) is 14. The van der Waals surface area contributed by atoms with E-state index in [9.17, 15) is 23.1 Å². The maximum absolute atomic E-state index is 13.3. The number of sulfonamides is 1. The minimum Gasteiger partial charge on any atom is -0.480 e. The largest absolute Gasteiger partial charge is 0.480 e. The van der Waals surface area contributed by atoms with Gasteiger partial charge in [0.15, 0.2) is 5.13 Å². The fourth-order valence-corrected chi connectivity index (χ4v) is 7.59. The molecule has 0 aliphatic carbocycles. The Hall–Kier alpha value is -4.85. The molecule has 0 radical (unpaired) electrons. The van der Waals surface area contributed by atoms with E-state index in [0.717, 1.165) is 60.6 Å². The van der Waals surface area contributed by atoms with Crippen molar-refractivity contribution in [2.45, 2.75) is 30.3 Å². The van der Waals surface area contributed by atoms with Gasteiger partial charge in [0, 0.05) is 49.6 Å². The van der Waals surface area contributed by atoms with Crippen LogP contribution in [0.15, 0.2) is 64.4 Å². The number of aliphatic carboxylic acids is 1. The lowest BCUT2D eigenvalue weighted by molar-refractivity contribution is -0.139. The van der Waals surface area contributed by atoms with Crippen molar-refractivity contribution in [3.63, 3.8) is 0 Å². The number of carboxylic acid groups (broad SMARTS) is 1. The third-order valence-corrected chi connectivity index (χ3v) is 10.4. The Morgan fingerprint density at radius 2 is 1.82 bits per heavy atom. The van der Waals surface area contributed by atoms with Crippen LogP contribution in [0.5, 0.6) is 0 Å². The summed E-state index contributed by atoms with van der Waals surface area (Å²) in [5, 5.41) is 28.5. The molecule has 3 aromatic heterocycles. The SMILES string of the molecule is CNCCC[C@H](NC(=O)c1sccc1NS(=O)(=O)c1cccc(NCc2csc(N3CCN(c4ncccn4)CC3)n2)c1)C(=O)O.N=CN. The lowest BCUT2D eigenvalue weighted by Crippen LogP contribution is -2.47. The Morgan fingerprint density at radius 3 is 2.51 bits per heavy atom. The van der Waals surface area contributed by atoms with Crippen LogP contribution in [0, 0.1) is 5.41 Å². The number of thiophene rings is 1. The van der Waals surface area contributed by atoms with E-state index < -0.39 is 27.9 Å². The van der Waals surface area contributed by atoms with Gasteiger partial charge < -0.3 is 36.6 Å². The van der Waals surface area contributed by atoms with Crippen molar-refractivity contribution in [1.29, 1.82) is 5.41 Å². The van der Waals surface area contributed by atoms with Crippen molar-refractivity contribution in [1.82, 2.24) is 25.6 Å². The van der Waals surface area contributed by atoms with Gasteiger partial charge in [-0.05, 0) is 62.1 Å². The molecule has 1 amide bonds. The standard InChI is InChI=1S/C29H35N9O5S3.CH4N2/c1-30-9-3-7-24(27(40)41)35-26(39)25-23(8-16-44-25)36-46(42,43)22-6-2-5-20(17-22)33-18-21-19-45-29(34-21)38-14-12-37(13-15-38)28-31-10-4-11-32-28;2-1-3/h2,4-6,8,10-11,16-17,19,24,30,33,36H,3,7,9,12-15,18H2,1H3,(H,35,39)(H,40,41);1H,(H3,2,3)/t24-;/m0./s1. The van der Waals surface area contributed by atoms with E-state index in [-0.39, 0.29) is 21.9 Å². The Balaban J connectivity index is 0.00000174. The Morgan fingerprint density at radius 1 is 1.10 bits per heavy atom. The second-order valence-electron chi connectivity index (χ2n) is 10.6. The average molecular weight is 730 g/mol. The van der Waals surface area contributed by atoms with Gasteiger partial charge in [-0.3, -0.25) is 14.9 Å². The molecule has 0 spiro atoms. The van der Waals surface area contributed by atoms with Crippen molar-refractivity contribution in [3.8, 4) is 0 Å². The number of carbonyl (C=O) groups is 2. The van der Waals surface area contributed by atoms with E-state index >= 15 is 0 Å². The maximum atomic E-state index is 13.3. The fraction of sp³-hybridized carbons (Fsp3) is 0.333. The summed E-state index contributed by atoms with van der Waals surface area (Å²) in [6, 6.07) is 8.55. The molecule has 1 aromatic carbocycles. The smallest absolute Gasteiger partial charge is 0.326 e. The number of nitrogens with zero attached hydrogens (tertiary/aromatic N) is 5. The molecule has 1 aliphatic rings. The molecule has 4 aromatic rings. The third-order valence-electron chi connectivity index (χ3n) is 7.18. The molecule has 0 saturated carbocycles. The number of benzene rings is 1. The van der Waals surface area contributed by atoms with Crippen LogP contribution in [0.2, 0.25) is 0 Å². The molecule has 16 nitrogen and oxygen atoms in total. The number of carboxylic acids is 1. The first-order valence-electron chi connectivity index (χ1n) is 15.2. The van der Waals surface area contributed by atoms with Crippen LogP contribution in [-0.2, 0) is 21.4 Å². The van der Waals surface area contributed by atoms with Gasteiger partial charge in [-0.15, -0.1) is 22.7 Å². The van der Waals surface area contributed by atoms with Crippen LogP contribution >= 0.6 is 22.7 Å². The molecular weight excluding hydrogens is 691 g/mol. The molecular formula is C30H39N11O5S3. The Bertz CT molecular complexity index is 1780. The van der Waals surface area contributed by atoms with Crippen LogP contribution in [0.1, 0.15) is 28.2 Å². The molecule has 0 unspecified atom stereocenters. The Labute approximate surface area is 292 Å². The highest BCUT2D eigenvalue weighted by Crippen LogP contribution is 2.27. The zero-order valence-electron chi connectivity index (χ0n) is 26.7. The molecule has 49 heavy (non-hydrogen) atoms. The maximum Gasteiger partial charge on any atom is 0.326 e. The number of anilines is 4. The number of thiazole rings is 1. The molecule has 262 valence electrons. The van der Waals surface area contributed by atoms with Gasteiger partial charge >= 0.3 is 5.97 Å². The van der Waals surface area contributed by atoms with Gasteiger partial charge in [-0.25, -0.2) is 28.2 Å². The molecule has 1 saturated heterocycles. The first-order chi connectivity index (χ1) is 23.6. The van der Waals surface area contributed by atoms with E-state index in [1.807, 2.05) is 5.38 Å². The summed E-state index contributed by atoms with van der Waals surface area (Å²) in [6.07, 6.45) is 5.02. The zero-order chi connectivity index (χ0) is 35.2. The quantitative estimate of drug-likeness (QED) is 0.0530. The normalized spacial score (nSPS) is 13.5. The molecule has 5 rings (SSSR count). The highest BCUT2D eigenvalue weighted by Gasteiger charge is 2.25. The number of nitrogens with two attached hydrogens (primary N) is 1.